The van der Waals surface area contributed by atoms with Crippen molar-refractivity contribution < 1.29 is 9.90 Å². The quantitative estimate of drug-likeness (QED) is 0.843. The summed E-state index contributed by atoms with van der Waals surface area (Å²) in [6, 6.07) is 7.37. The molecule has 1 N–H and O–H groups in total. The van der Waals surface area contributed by atoms with E-state index in [2.05, 4.69) is 9.97 Å². The van der Waals surface area contributed by atoms with Gasteiger partial charge in [0.25, 0.3) is 5.91 Å². The maximum atomic E-state index is 11.7. The number of amides is 1. The molecule has 0 fully saturated rings. The summed E-state index contributed by atoms with van der Waals surface area (Å²) in [5.41, 5.74) is 1.40. The van der Waals surface area contributed by atoms with Crippen molar-refractivity contribution in [1.82, 2.24) is 9.97 Å². The first kappa shape index (κ1) is 12.1. The van der Waals surface area contributed by atoms with Crippen LogP contribution in [-0.2, 0) is 4.79 Å². The summed E-state index contributed by atoms with van der Waals surface area (Å²) in [5.74, 6) is -0.292. The first-order chi connectivity index (χ1) is 9.16. The van der Waals surface area contributed by atoms with Gasteiger partial charge in [-0.1, -0.05) is 17.8 Å². The minimum Gasteiger partial charge on any atom is -0.378 e. The van der Waals surface area contributed by atoms with Gasteiger partial charge in [-0.25, -0.2) is 9.97 Å². The molecular formula is C13H11N3O2S. The number of benzene rings is 1. The lowest BCUT2D eigenvalue weighted by atomic mass is 10.1. The molecule has 0 saturated heterocycles. The number of aromatic nitrogens is 2. The van der Waals surface area contributed by atoms with Crippen LogP contribution in [0.4, 0.5) is 5.69 Å². The molecule has 1 aromatic carbocycles. The zero-order valence-corrected chi connectivity index (χ0v) is 11.0. The van der Waals surface area contributed by atoms with Gasteiger partial charge in [-0.05, 0) is 18.2 Å². The Balaban J connectivity index is 1.93. The fourth-order valence-corrected chi connectivity index (χ4v) is 2.78. The Morgan fingerprint density at radius 1 is 1.37 bits per heavy atom. The Morgan fingerprint density at radius 3 is 2.95 bits per heavy atom. The van der Waals surface area contributed by atoms with Crippen molar-refractivity contribution >= 4 is 23.4 Å². The average molecular weight is 273 g/mol. The first-order valence-corrected chi connectivity index (χ1v) is 6.52. The van der Waals surface area contributed by atoms with Crippen LogP contribution in [0.3, 0.4) is 0 Å². The maximum absolute atomic E-state index is 11.7. The van der Waals surface area contributed by atoms with Crippen molar-refractivity contribution in [2.24, 2.45) is 0 Å². The molecule has 0 radical (unpaired) electrons. The molecule has 0 spiro atoms. The van der Waals surface area contributed by atoms with E-state index in [0.29, 0.717) is 5.56 Å². The number of likely N-dealkylation sites (N-methyl/N-ethyl adjacent to an activating group) is 1. The standard InChI is InChI=1S/C13H11N3O2S/c1-16-10-6-8(19-11-4-5-14-7-15-11)2-3-9(10)12(17)13(16)18/h2-7,12,17H,1H3. The number of aliphatic hydroxyl groups is 1. The normalized spacial score (nSPS) is 17.7. The van der Waals surface area contributed by atoms with Gasteiger partial charge in [0.15, 0.2) is 6.10 Å². The van der Waals surface area contributed by atoms with E-state index in [4.69, 9.17) is 0 Å². The van der Waals surface area contributed by atoms with Crippen LogP contribution < -0.4 is 4.90 Å². The van der Waals surface area contributed by atoms with Gasteiger partial charge in [0.1, 0.15) is 11.4 Å². The third kappa shape index (κ3) is 2.09. The summed E-state index contributed by atoms with van der Waals surface area (Å²) in [6.07, 6.45) is 2.13. The van der Waals surface area contributed by atoms with E-state index in [-0.39, 0.29) is 5.91 Å². The molecule has 3 rings (SSSR count). The lowest BCUT2D eigenvalue weighted by Crippen LogP contribution is -2.23. The highest BCUT2D eigenvalue weighted by Gasteiger charge is 2.33. The number of anilines is 1. The molecule has 1 atom stereocenters. The largest absolute Gasteiger partial charge is 0.378 e. The summed E-state index contributed by atoms with van der Waals surface area (Å²) in [7, 11) is 1.66. The van der Waals surface area contributed by atoms with Crippen LogP contribution >= 0.6 is 11.8 Å². The molecule has 2 aromatic rings. The highest BCUT2D eigenvalue weighted by molar-refractivity contribution is 7.99. The van der Waals surface area contributed by atoms with E-state index < -0.39 is 6.10 Å². The highest BCUT2D eigenvalue weighted by atomic mass is 32.2. The van der Waals surface area contributed by atoms with Crippen LogP contribution in [0.15, 0.2) is 46.7 Å². The third-order valence-electron chi connectivity index (χ3n) is 3.00. The summed E-state index contributed by atoms with van der Waals surface area (Å²) < 4.78 is 0. The van der Waals surface area contributed by atoms with Crippen molar-refractivity contribution in [3.8, 4) is 0 Å². The predicted molar refractivity (Wildman–Crippen MR) is 71.0 cm³/mol. The van der Waals surface area contributed by atoms with E-state index in [1.807, 2.05) is 18.2 Å². The van der Waals surface area contributed by atoms with Gasteiger partial charge in [0.2, 0.25) is 0 Å². The molecule has 6 heteroatoms. The van der Waals surface area contributed by atoms with E-state index in [1.165, 1.54) is 23.0 Å². The molecule has 2 heterocycles. The lowest BCUT2D eigenvalue weighted by molar-refractivity contribution is -0.125. The zero-order valence-electron chi connectivity index (χ0n) is 10.1. The second-order valence-electron chi connectivity index (χ2n) is 4.17. The minimum atomic E-state index is -1.04. The number of hydrogen-bond donors (Lipinski definition) is 1. The van der Waals surface area contributed by atoms with Crippen molar-refractivity contribution in [2.45, 2.75) is 16.0 Å². The molecule has 5 nitrogen and oxygen atoms in total. The van der Waals surface area contributed by atoms with Gasteiger partial charge in [-0.15, -0.1) is 0 Å². The van der Waals surface area contributed by atoms with E-state index in [1.54, 1.807) is 19.3 Å². The number of hydrogen-bond acceptors (Lipinski definition) is 5. The van der Waals surface area contributed by atoms with Crippen LogP contribution in [0, 0.1) is 0 Å². The molecule has 1 aliphatic rings. The Bertz CT molecular complexity index is 633. The lowest BCUT2D eigenvalue weighted by Gasteiger charge is -2.10. The third-order valence-corrected chi connectivity index (χ3v) is 3.94. The molecule has 1 amide bonds. The number of aliphatic hydroxyl groups excluding tert-OH is 1. The van der Waals surface area contributed by atoms with Gasteiger partial charge in [0.05, 0.1) is 5.69 Å². The number of carbonyl (C=O) groups excluding carboxylic acids is 1. The minimum absolute atomic E-state index is 0.292. The summed E-state index contributed by atoms with van der Waals surface area (Å²) in [6.45, 7) is 0. The summed E-state index contributed by atoms with van der Waals surface area (Å²) >= 11 is 1.49. The predicted octanol–water partition coefficient (Wildman–Crippen LogP) is 1.64. The van der Waals surface area contributed by atoms with Crippen molar-refractivity contribution in [2.75, 3.05) is 11.9 Å². The van der Waals surface area contributed by atoms with Gasteiger partial charge < -0.3 is 10.0 Å². The number of carbonyl (C=O) groups is 1. The number of fused-ring (bicyclic) bond motifs is 1. The van der Waals surface area contributed by atoms with Crippen molar-refractivity contribution in [3.05, 3.63) is 42.4 Å². The number of rotatable bonds is 2. The number of nitrogens with zero attached hydrogens (tertiary/aromatic N) is 3. The van der Waals surface area contributed by atoms with Crippen molar-refractivity contribution in [3.63, 3.8) is 0 Å². The van der Waals surface area contributed by atoms with Gasteiger partial charge in [0, 0.05) is 23.7 Å². The molecule has 1 unspecified atom stereocenters. The monoisotopic (exact) mass is 273 g/mol. The van der Waals surface area contributed by atoms with Gasteiger partial charge in [-0.3, -0.25) is 4.79 Å². The van der Waals surface area contributed by atoms with Crippen LogP contribution in [-0.4, -0.2) is 28.0 Å². The molecule has 0 bridgehead atoms. The second kappa shape index (κ2) is 4.64. The smallest absolute Gasteiger partial charge is 0.260 e. The fourth-order valence-electron chi connectivity index (χ4n) is 2.00. The molecule has 0 saturated carbocycles. The van der Waals surface area contributed by atoms with E-state index in [9.17, 15) is 9.90 Å². The van der Waals surface area contributed by atoms with Crippen molar-refractivity contribution in [1.29, 1.82) is 0 Å². The molecule has 1 aromatic heterocycles. The second-order valence-corrected chi connectivity index (χ2v) is 5.26. The summed E-state index contributed by atoms with van der Waals surface area (Å²) in [5, 5.41) is 10.6. The Hall–Kier alpha value is -1.92. The van der Waals surface area contributed by atoms with Crippen LogP contribution in [0.5, 0.6) is 0 Å². The Kier molecular flexibility index (Phi) is 2.96. The van der Waals surface area contributed by atoms with E-state index >= 15 is 0 Å². The van der Waals surface area contributed by atoms with E-state index in [0.717, 1.165) is 15.6 Å². The molecule has 0 aliphatic carbocycles. The summed E-state index contributed by atoms with van der Waals surface area (Å²) in [4.78, 5) is 22.1. The Morgan fingerprint density at radius 2 is 2.21 bits per heavy atom. The fraction of sp³-hybridized carbons (Fsp3) is 0.154. The SMILES string of the molecule is CN1C(=O)C(O)c2ccc(Sc3ccncn3)cc21. The molecule has 96 valence electrons. The maximum Gasteiger partial charge on any atom is 0.260 e. The average Bonchev–Trinajstić information content (AvgIpc) is 2.65. The molecule has 19 heavy (non-hydrogen) atoms. The zero-order chi connectivity index (χ0) is 13.4. The van der Waals surface area contributed by atoms with Crippen LogP contribution in [0.2, 0.25) is 0 Å². The van der Waals surface area contributed by atoms with Crippen LogP contribution in [0.1, 0.15) is 11.7 Å². The highest BCUT2D eigenvalue weighted by Crippen LogP contribution is 2.38. The first-order valence-electron chi connectivity index (χ1n) is 5.70. The van der Waals surface area contributed by atoms with Gasteiger partial charge >= 0.3 is 0 Å². The molecule has 1 aliphatic heterocycles. The van der Waals surface area contributed by atoms with Gasteiger partial charge in [-0.2, -0.15) is 0 Å². The Labute approximate surface area is 114 Å². The molecular weight excluding hydrogens is 262 g/mol. The van der Waals surface area contributed by atoms with Crippen LogP contribution in [0.25, 0.3) is 0 Å². The topological polar surface area (TPSA) is 66.3 Å².